The van der Waals surface area contributed by atoms with Gasteiger partial charge >= 0.3 is 0 Å². The van der Waals surface area contributed by atoms with Crippen molar-refractivity contribution in [2.45, 2.75) is 315 Å². The molecule has 0 aromatic rings. The molecule has 0 saturated carbocycles. The Bertz CT molecular complexity index is 928. The van der Waals surface area contributed by atoms with E-state index in [-0.39, 0.29) is 12.5 Å². The molecule has 0 spiro atoms. The van der Waals surface area contributed by atoms with Gasteiger partial charge in [-0.15, -0.1) is 0 Å². The van der Waals surface area contributed by atoms with Crippen LogP contribution in [-0.2, 0) is 4.79 Å². The van der Waals surface area contributed by atoms with Gasteiger partial charge in [-0.2, -0.15) is 0 Å². The zero-order valence-electron chi connectivity index (χ0n) is 41.4. The first-order valence-corrected chi connectivity index (χ1v) is 27.7. The number of aliphatic hydroxyl groups excluding tert-OH is 2. The van der Waals surface area contributed by atoms with Gasteiger partial charge < -0.3 is 15.5 Å². The van der Waals surface area contributed by atoms with Crippen molar-refractivity contribution in [1.29, 1.82) is 0 Å². The van der Waals surface area contributed by atoms with E-state index in [9.17, 15) is 15.0 Å². The number of rotatable bonds is 51. The maximum absolute atomic E-state index is 12.5. The van der Waals surface area contributed by atoms with Gasteiger partial charge in [0.2, 0.25) is 5.91 Å². The second kappa shape index (κ2) is 53.0. The molecule has 0 aromatic heterocycles. The summed E-state index contributed by atoms with van der Waals surface area (Å²) in [5, 5.41) is 23.2. The SMILES string of the molecule is CCCCCCC/C=C\C/C=C\CCCCCCCCCCCCCCCCCCCC(=O)NC(CO)C(O)/C=C/CCCCCCCCCCCCCCCCCCCC. The predicted octanol–water partition coefficient (Wildman–Crippen LogP) is 18.1. The van der Waals surface area contributed by atoms with Gasteiger partial charge in [-0.1, -0.05) is 281 Å². The van der Waals surface area contributed by atoms with Gasteiger partial charge in [0.25, 0.3) is 0 Å². The zero-order valence-corrected chi connectivity index (χ0v) is 41.4. The van der Waals surface area contributed by atoms with Gasteiger partial charge in [-0.05, 0) is 51.4 Å². The van der Waals surface area contributed by atoms with Crippen molar-refractivity contribution in [3.05, 3.63) is 36.5 Å². The molecule has 0 aliphatic heterocycles. The molecular formula is C57H109NO3. The Morgan fingerprint density at radius 1 is 0.393 bits per heavy atom. The third-order valence-corrected chi connectivity index (χ3v) is 12.9. The van der Waals surface area contributed by atoms with Crippen LogP contribution < -0.4 is 5.32 Å². The van der Waals surface area contributed by atoms with Crippen LogP contribution in [-0.4, -0.2) is 34.9 Å². The van der Waals surface area contributed by atoms with Crippen molar-refractivity contribution in [2.75, 3.05) is 6.61 Å². The van der Waals surface area contributed by atoms with Gasteiger partial charge in [0.1, 0.15) is 0 Å². The maximum Gasteiger partial charge on any atom is 0.220 e. The average molecular weight is 857 g/mol. The molecule has 0 heterocycles. The Hall–Kier alpha value is -1.39. The molecule has 61 heavy (non-hydrogen) atoms. The number of amides is 1. The molecule has 2 unspecified atom stereocenters. The number of carbonyl (C=O) groups is 1. The van der Waals surface area contributed by atoms with Crippen LogP contribution in [0, 0.1) is 0 Å². The van der Waals surface area contributed by atoms with Gasteiger partial charge in [-0.3, -0.25) is 4.79 Å². The number of allylic oxidation sites excluding steroid dienone is 5. The molecule has 0 rings (SSSR count). The molecule has 0 fully saturated rings. The number of unbranched alkanes of at least 4 members (excludes halogenated alkanes) is 40. The molecule has 4 heteroatoms. The van der Waals surface area contributed by atoms with Crippen LogP contribution in [0.5, 0.6) is 0 Å². The minimum atomic E-state index is -0.838. The second-order valence-corrected chi connectivity index (χ2v) is 19.0. The van der Waals surface area contributed by atoms with E-state index in [2.05, 4.69) is 43.5 Å². The number of hydrogen-bond acceptors (Lipinski definition) is 3. The summed E-state index contributed by atoms with van der Waals surface area (Å²) in [5.74, 6) is -0.0594. The van der Waals surface area contributed by atoms with Gasteiger partial charge in [0.05, 0.1) is 18.8 Å². The molecular weight excluding hydrogens is 747 g/mol. The minimum Gasteiger partial charge on any atom is -0.394 e. The van der Waals surface area contributed by atoms with E-state index < -0.39 is 12.1 Å². The van der Waals surface area contributed by atoms with Crippen molar-refractivity contribution in [3.8, 4) is 0 Å². The van der Waals surface area contributed by atoms with Crippen LogP contribution in [0.1, 0.15) is 303 Å². The van der Waals surface area contributed by atoms with Crippen LogP contribution in [0.25, 0.3) is 0 Å². The average Bonchev–Trinajstić information content (AvgIpc) is 3.26. The lowest BCUT2D eigenvalue weighted by Gasteiger charge is -2.20. The van der Waals surface area contributed by atoms with Crippen molar-refractivity contribution in [2.24, 2.45) is 0 Å². The Labute approximate surface area is 382 Å². The smallest absolute Gasteiger partial charge is 0.220 e. The molecule has 2 atom stereocenters. The number of aliphatic hydroxyl groups is 2. The normalized spacial score (nSPS) is 13.0. The largest absolute Gasteiger partial charge is 0.394 e. The summed E-state index contributed by atoms with van der Waals surface area (Å²) < 4.78 is 0. The molecule has 3 N–H and O–H groups in total. The fourth-order valence-electron chi connectivity index (χ4n) is 8.62. The van der Waals surface area contributed by atoms with E-state index in [1.165, 1.54) is 250 Å². The molecule has 360 valence electrons. The van der Waals surface area contributed by atoms with Crippen LogP contribution in [0.15, 0.2) is 36.5 Å². The summed E-state index contributed by atoms with van der Waals surface area (Å²) in [6.07, 6.45) is 71.6. The Kier molecular flexibility index (Phi) is 51.7. The lowest BCUT2D eigenvalue weighted by molar-refractivity contribution is -0.123. The molecule has 0 saturated heterocycles. The molecule has 0 radical (unpaired) electrons. The maximum atomic E-state index is 12.5. The Morgan fingerprint density at radius 2 is 0.672 bits per heavy atom. The van der Waals surface area contributed by atoms with E-state index >= 15 is 0 Å². The van der Waals surface area contributed by atoms with Gasteiger partial charge in [0.15, 0.2) is 0 Å². The third kappa shape index (κ3) is 49.5. The highest BCUT2D eigenvalue weighted by molar-refractivity contribution is 5.76. The molecule has 0 bridgehead atoms. The lowest BCUT2D eigenvalue weighted by atomic mass is 10.0. The van der Waals surface area contributed by atoms with Gasteiger partial charge in [-0.25, -0.2) is 0 Å². The van der Waals surface area contributed by atoms with Crippen LogP contribution >= 0.6 is 0 Å². The zero-order chi connectivity index (χ0) is 44.2. The minimum absolute atomic E-state index is 0.0594. The van der Waals surface area contributed by atoms with E-state index in [1.54, 1.807) is 6.08 Å². The van der Waals surface area contributed by atoms with Crippen LogP contribution in [0.2, 0.25) is 0 Å². The van der Waals surface area contributed by atoms with Gasteiger partial charge in [0, 0.05) is 6.42 Å². The molecule has 0 aromatic carbocycles. The summed E-state index contributed by atoms with van der Waals surface area (Å²) in [7, 11) is 0. The first-order chi connectivity index (χ1) is 30.2. The standard InChI is InChI=1S/C57H109NO3/c1-3-5-7-9-11-13-15-17-19-21-23-25-26-27-28-29-30-31-32-33-35-37-39-41-43-45-47-49-51-53-57(61)58-55(54-59)56(60)52-50-48-46-44-42-40-38-36-34-24-22-20-18-16-14-12-10-8-6-4-2/h15,17,21,23,50,52,55-56,59-60H,3-14,16,18-20,22,24-49,51,53-54H2,1-2H3,(H,58,61)/b17-15-,23-21-,52-50+. The fraction of sp³-hybridized carbons (Fsp3) is 0.877. The molecule has 0 aliphatic rings. The highest BCUT2D eigenvalue weighted by Crippen LogP contribution is 2.17. The van der Waals surface area contributed by atoms with Crippen molar-refractivity contribution in [3.63, 3.8) is 0 Å². The van der Waals surface area contributed by atoms with Crippen LogP contribution in [0.4, 0.5) is 0 Å². The van der Waals surface area contributed by atoms with Crippen molar-refractivity contribution in [1.82, 2.24) is 5.32 Å². The summed E-state index contributed by atoms with van der Waals surface area (Å²) in [6, 6.07) is -0.621. The predicted molar refractivity (Wildman–Crippen MR) is 272 cm³/mol. The Balaban J connectivity index is 3.47. The van der Waals surface area contributed by atoms with Crippen molar-refractivity contribution < 1.29 is 15.0 Å². The number of carbonyl (C=O) groups excluding carboxylic acids is 1. The Morgan fingerprint density at radius 3 is 0.984 bits per heavy atom. The third-order valence-electron chi connectivity index (χ3n) is 12.9. The van der Waals surface area contributed by atoms with E-state index in [0.29, 0.717) is 6.42 Å². The molecule has 0 aliphatic carbocycles. The number of nitrogens with one attached hydrogen (secondary N) is 1. The first kappa shape index (κ1) is 59.6. The molecule has 1 amide bonds. The fourth-order valence-corrected chi connectivity index (χ4v) is 8.62. The topological polar surface area (TPSA) is 69.6 Å². The van der Waals surface area contributed by atoms with E-state index in [4.69, 9.17) is 0 Å². The van der Waals surface area contributed by atoms with E-state index in [0.717, 1.165) is 32.1 Å². The highest BCUT2D eigenvalue weighted by Gasteiger charge is 2.18. The summed E-state index contributed by atoms with van der Waals surface area (Å²) >= 11 is 0. The molecule has 4 nitrogen and oxygen atoms in total. The van der Waals surface area contributed by atoms with E-state index in [1.807, 2.05) is 6.08 Å². The second-order valence-electron chi connectivity index (χ2n) is 19.0. The van der Waals surface area contributed by atoms with Crippen LogP contribution in [0.3, 0.4) is 0 Å². The number of hydrogen-bond donors (Lipinski definition) is 3. The quantitative estimate of drug-likeness (QED) is 0.0422. The lowest BCUT2D eigenvalue weighted by Crippen LogP contribution is -2.45. The van der Waals surface area contributed by atoms with Crippen molar-refractivity contribution >= 4 is 5.91 Å². The monoisotopic (exact) mass is 856 g/mol. The summed E-state index contributed by atoms with van der Waals surface area (Å²) in [4.78, 5) is 12.5. The first-order valence-electron chi connectivity index (χ1n) is 27.7. The highest BCUT2D eigenvalue weighted by atomic mass is 16.3. The summed E-state index contributed by atoms with van der Waals surface area (Å²) in [6.45, 7) is 4.33. The summed E-state index contributed by atoms with van der Waals surface area (Å²) in [5.41, 5.74) is 0.